The molecule has 2 amide bonds. The molecule has 0 bridgehead atoms. The number of aryl methyl sites for hydroxylation is 1. The third-order valence-corrected chi connectivity index (χ3v) is 5.06. The van der Waals surface area contributed by atoms with Gasteiger partial charge < -0.3 is 10.1 Å². The largest absolute Gasteiger partial charge is 0.462 e. The lowest BCUT2D eigenvalue weighted by atomic mass is 10.1. The van der Waals surface area contributed by atoms with Crippen molar-refractivity contribution >= 4 is 34.6 Å². The van der Waals surface area contributed by atoms with Crippen LogP contribution < -0.4 is 5.32 Å². The summed E-state index contributed by atoms with van der Waals surface area (Å²) in [7, 11) is 0. The van der Waals surface area contributed by atoms with Gasteiger partial charge in [-0.2, -0.15) is 0 Å². The van der Waals surface area contributed by atoms with Crippen LogP contribution in [0.1, 0.15) is 28.4 Å². The predicted molar refractivity (Wildman–Crippen MR) is 105 cm³/mol. The Kier molecular flexibility index (Phi) is 5.81. The third-order valence-electron chi connectivity index (χ3n) is 4.08. The molecule has 1 fully saturated rings. The van der Waals surface area contributed by atoms with Gasteiger partial charge in [-0.25, -0.2) is 4.79 Å². The van der Waals surface area contributed by atoms with E-state index in [1.54, 1.807) is 31.2 Å². The monoisotopic (exact) mass is 384 g/mol. The van der Waals surface area contributed by atoms with Crippen LogP contribution in [0.15, 0.2) is 48.5 Å². The molecule has 6 nitrogen and oxygen atoms in total. The van der Waals surface area contributed by atoms with Crippen LogP contribution in [-0.4, -0.2) is 34.0 Å². The molecule has 1 saturated heterocycles. The maximum absolute atomic E-state index is 12.6. The predicted octanol–water partition coefficient (Wildman–Crippen LogP) is 3.81. The fraction of sp³-hybridized carbons (Fsp3) is 0.250. The van der Waals surface area contributed by atoms with Crippen LogP contribution in [0.5, 0.6) is 0 Å². The topological polar surface area (TPSA) is 75.7 Å². The molecule has 140 valence electrons. The van der Waals surface area contributed by atoms with Crippen molar-refractivity contribution in [3.8, 4) is 0 Å². The summed E-state index contributed by atoms with van der Waals surface area (Å²) in [6.45, 7) is 4.30. The number of hydrogen-bond acceptors (Lipinski definition) is 6. The Morgan fingerprint density at radius 1 is 1.11 bits per heavy atom. The van der Waals surface area contributed by atoms with Gasteiger partial charge in [-0.05, 0) is 55.4 Å². The molecule has 0 aromatic heterocycles. The van der Waals surface area contributed by atoms with Gasteiger partial charge in [0.2, 0.25) is 0 Å². The van der Waals surface area contributed by atoms with Crippen molar-refractivity contribution in [1.29, 1.82) is 0 Å². The highest BCUT2D eigenvalue weighted by Gasteiger charge is 2.39. The minimum atomic E-state index is -0.684. The van der Waals surface area contributed by atoms with E-state index in [-0.39, 0.29) is 17.7 Å². The second kappa shape index (κ2) is 8.26. The summed E-state index contributed by atoms with van der Waals surface area (Å²) in [5.41, 5.74) is 3.11. The number of ether oxygens (including phenoxy) is 1. The Morgan fingerprint density at radius 3 is 2.41 bits per heavy atom. The first-order valence-corrected chi connectivity index (χ1v) is 9.47. The Balaban J connectivity index is 1.64. The molecule has 0 radical (unpaired) electrons. The molecule has 1 aliphatic heterocycles. The average Bonchev–Trinajstić information content (AvgIpc) is 2.91. The molecule has 1 atom stereocenters. The summed E-state index contributed by atoms with van der Waals surface area (Å²) < 4.78 is 4.94. The Bertz CT molecular complexity index is 849. The van der Waals surface area contributed by atoms with Crippen LogP contribution in [0.25, 0.3) is 0 Å². The van der Waals surface area contributed by atoms with Gasteiger partial charge in [-0.3, -0.25) is 14.5 Å². The SMILES string of the molecule is CCOC(=O)c1ccc(N[C@@H]2SC(=O)N(Cc3ccc(C)cc3)C2=O)cc1. The van der Waals surface area contributed by atoms with E-state index in [2.05, 4.69) is 5.32 Å². The smallest absolute Gasteiger partial charge is 0.338 e. The number of anilines is 1. The van der Waals surface area contributed by atoms with Gasteiger partial charge in [0, 0.05) is 5.69 Å². The third kappa shape index (κ3) is 4.49. The lowest BCUT2D eigenvalue weighted by Gasteiger charge is -2.15. The number of imide groups is 1. The molecule has 2 aromatic carbocycles. The second-order valence-electron chi connectivity index (χ2n) is 6.12. The first-order chi connectivity index (χ1) is 13.0. The fourth-order valence-electron chi connectivity index (χ4n) is 2.62. The van der Waals surface area contributed by atoms with Crippen LogP contribution in [0, 0.1) is 6.92 Å². The summed E-state index contributed by atoms with van der Waals surface area (Å²) in [5, 5.41) is 2.08. The summed E-state index contributed by atoms with van der Waals surface area (Å²) >= 11 is 0.952. The first kappa shape index (κ1) is 19.0. The van der Waals surface area contributed by atoms with Crippen LogP contribution in [0.2, 0.25) is 0 Å². The lowest BCUT2D eigenvalue weighted by Crippen LogP contribution is -2.33. The van der Waals surface area contributed by atoms with Crippen LogP contribution >= 0.6 is 11.8 Å². The fourth-order valence-corrected chi connectivity index (χ4v) is 3.53. The van der Waals surface area contributed by atoms with Gasteiger partial charge in [0.05, 0.1) is 18.7 Å². The van der Waals surface area contributed by atoms with Gasteiger partial charge in [0.1, 0.15) is 0 Å². The molecule has 0 aliphatic carbocycles. The van der Waals surface area contributed by atoms with E-state index >= 15 is 0 Å². The summed E-state index contributed by atoms with van der Waals surface area (Å²) in [4.78, 5) is 37.8. The molecule has 27 heavy (non-hydrogen) atoms. The van der Waals surface area contributed by atoms with E-state index in [4.69, 9.17) is 4.74 Å². The lowest BCUT2D eigenvalue weighted by molar-refractivity contribution is -0.126. The molecule has 1 aliphatic rings. The number of nitrogens with zero attached hydrogens (tertiary/aromatic N) is 1. The van der Waals surface area contributed by atoms with Gasteiger partial charge in [-0.15, -0.1) is 0 Å². The van der Waals surface area contributed by atoms with E-state index in [0.29, 0.717) is 17.9 Å². The van der Waals surface area contributed by atoms with E-state index in [0.717, 1.165) is 22.9 Å². The number of rotatable bonds is 6. The van der Waals surface area contributed by atoms with E-state index in [1.807, 2.05) is 31.2 Å². The summed E-state index contributed by atoms with van der Waals surface area (Å²) in [6.07, 6.45) is 0. The van der Waals surface area contributed by atoms with E-state index in [9.17, 15) is 14.4 Å². The number of amides is 2. The molecule has 0 saturated carbocycles. The normalized spacial score (nSPS) is 16.5. The zero-order valence-electron chi connectivity index (χ0n) is 15.1. The molecule has 7 heteroatoms. The Morgan fingerprint density at radius 2 is 1.78 bits per heavy atom. The molecular formula is C20H20N2O4S. The highest BCUT2D eigenvalue weighted by molar-refractivity contribution is 8.15. The minimum Gasteiger partial charge on any atom is -0.462 e. The van der Waals surface area contributed by atoms with E-state index in [1.165, 1.54) is 4.90 Å². The maximum atomic E-state index is 12.6. The number of hydrogen-bond donors (Lipinski definition) is 1. The van der Waals surface area contributed by atoms with Gasteiger partial charge in [0.15, 0.2) is 5.37 Å². The number of benzene rings is 2. The van der Waals surface area contributed by atoms with Crippen LogP contribution in [0.4, 0.5) is 10.5 Å². The minimum absolute atomic E-state index is 0.255. The number of thioether (sulfide) groups is 1. The highest BCUT2D eigenvalue weighted by atomic mass is 32.2. The number of esters is 1. The summed E-state index contributed by atoms with van der Waals surface area (Å²) in [6, 6.07) is 14.3. The van der Waals surface area contributed by atoms with Crippen molar-refractivity contribution in [2.45, 2.75) is 25.8 Å². The second-order valence-corrected chi connectivity index (χ2v) is 7.17. The quantitative estimate of drug-likeness (QED) is 0.764. The van der Waals surface area contributed by atoms with Crippen molar-refractivity contribution in [2.24, 2.45) is 0 Å². The zero-order valence-corrected chi connectivity index (χ0v) is 15.9. The molecular weight excluding hydrogens is 364 g/mol. The first-order valence-electron chi connectivity index (χ1n) is 8.59. The zero-order chi connectivity index (χ0) is 19.4. The number of nitrogens with one attached hydrogen (secondary N) is 1. The molecule has 0 spiro atoms. The van der Waals surface area contributed by atoms with Gasteiger partial charge >= 0.3 is 5.97 Å². The van der Waals surface area contributed by atoms with Crippen LogP contribution in [0.3, 0.4) is 0 Å². The average molecular weight is 384 g/mol. The number of carbonyl (C=O) groups is 3. The number of carbonyl (C=O) groups excluding carboxylic acids is 3. The standard InChI is InChI=1S/C20H20N2O4S/c1-3-26-19(24)15-8-10-16(11-9-15)21-17-18(23)22(20(25)27-17)12-14-6-4-13(2)5-7-14/h4-11,17,21H,3,12H2,1-2H3/t17-/m1/s1. The molecule has 3 rings (SSSR count). The van der Waals surface area contributed by atoms with Gasteiger partial charge in [0.25, 0.3) is 11.1 Å². The molecule has 2 aromatic rings. The van der Waals surface area contributed by atoms with Crippen molar-refractivity contribution in [3.63, 3.8) is 0 Å². The highest BCUT2D eigenvalue weighted by Crippen LogP contribution is 2.29. The van der Waals surface area contributed by atoms with Crippen molar-refractivity contribution < 1.29 is 19.1 Å². The molecule has 1 heterocycles. The van der Waals surface area contributed by atoms with Crippen LogP contribution in [-0.2, 0) is 16.1 Å². The van der Waals surface area contributed by atoms with E-state index < -0.39 is 11.3 Å². The van der Waals surface area contributed by atoms with Crippen molar-refractivity contribution in [1.82, 2.24) is 4.90 Å². The van der Waals surface area contributed by atoms with Crippen molar-refractivity contribution in [2.75, 3.05) is 11.9 Å². The Hall–Kier alpha value is -2.80. The molecule has 1 N–H and O–H groups in total. The maximum Gasteiger partial charge on any atom is 0.338 e. The molecule has 0 unspecified atom stereocenters. The Labute approximate surface area is 161 Å². The summed E-state index contributed by atoms with van der Waals surface area (Å²) in [5.74, 6) is -0.671. The van der Waals surface area contributed by atoms with Crippen molar-refractivity contribution in [3.05, 3.63) is 65.2 Å². The van der Waals surface area contributed by atoms with Gasteiger partial charge in [-0.1, -0.05) is 29.8 Å².